The van der Waals surface area contributed by atoms with Crippen molar-refractivity contribution in [3.63, 3.8) is 0 Å². The SMILES string of the molecule is Cc1cc(C(=O)NNC(=O)COc2ccccc2-c2ccccc2)sc1C. The summed E-state index contributed by atoms with van der Waals surface area (Å²) in [6, 6.07) is 19.1. The van der Waals surface area contributed by atoms with Gasteiger partial charge >= 0.3 is 0 Å². The first-order valence-electron chi connectivity index (χ1n) is 8.48. The largest absolute Gasteiger partial charge is 0.483 e. The van der Waals surface area contributed by atoms with Crippen LogP contribution in [0, 0.1) is 13.8 Å². The molecule has 0 unspecified atom stereocenters. The zero-order valence-electron chi connectivity index (χ0n) is 15.1. The van der Waals surface area contributed by atoms with E-state index in [0.717, 1.165) is 21.6 Å². The molecule has 0 bridgehead atoms. The lowest BCUT2D eigenvalue weighted by Crippen LogP contribution is -2.43. The van der Waals surface area contributed by atoms with Crippen molar-refractivity contribution in [1.82, 2.24) is 10.9 Å². The fraction of sp³-hybridized carbons (Fsp3) is 0.143. The molecule has 0 radical (unpaired) electrons. The Morgan fingerprint density at radius 1 is 0.963 bits per heavy atom. The molecule has 0 saturated carbocycles. The molecule has 138 valence electrons. The topological polar surface area (TPSA) is 67.4 Å². The molecular weight excluding hydrogens is 360 g/mol. The van der Waals surface area contributed by atoms with Crippen molar-refractivity contribution in [2.24, 2.45) is 0 Å². The van der Waals surface area contributed by atoms with Crippen molar-refractivity contribution >= 4 is 23.2 Å². The number of benzene rings is 2. The Morgan fingerprint density at radius 2 is 1.67 bits per heavy atom. The lowest BCUT2D eigenvalue weighted by Gasteiger charge is -2.12. The van der Waals surface area contributed by atoms with Crippen molar-refractivity contribution in [1.29, 1.82) is 0 Å². The molecule has 1 heterocycles. The lowest BCUT2D eigenvalue weighted by molar-refractivity contribution is -0.123. The van der Waals surface area contributed by atoms with E-state index in [1.54, 1.807) is 6.07 Å². The molecule has 3 aromatic rings. The highest BCUT2D eigenvalue weighted by atomic mass is 32.1. The smallest absolute Gasteiger partial charge is 0.279 e. The molecule has 1 aromatic heterocycles. The second-order valence-corrected chi connectivity index (χ2v) is 7.26. The first kappa shape index (κ1) is 18.7. The summed E-state index contributed by atoms with van der Waals surface area (Å²) < 4.78 is 5.65. The number of amides is 2. The van der Waals surface area contributed by atoms with Gasteiger partial charge in [0, 0.05) is 10.4 Å². The van der Waals surface area contributed by atoms with Gasteiger partial charge < -0.3 is 4.74 Å². The van der Waals surface area contributed by atoms with Gasteiger partial charge in [0.25, 0.3) is 11.8 Å². The maximum Gasteiger partial charge on any atom is 0.279 e. The number of hydrogen-bond donors (Lipinski definition) is 2. The summed E-state index contributed by atoms with van der Waals surface area (Å²) in [4.78, 5) is 25.7. The van der Waals surface area contributed by atoms with Crippen molar-refractivity contribution < 1.29 is 14.3 Å². The summed E-state index contributed by atoms with van der Waals surface area (Å²) in [6.07, 6.45) is 0. The van der Waals surface area contributed by atoms with Gasteiger partial charge in [0.1, 0.15) is 5.75 Å². The van der Waals surface area contributed by atoms with Crippen molar-refractivity contribution in [2.45, 2.75) is 13.8 Å². The van der Waals surface area contributed by atoms with Crippen molar-refractivity contribution in [3.8, 4) is 16.9 Å². The molecule has 0 spiro atoms. The van der Waals surface area contributed by atoms with Crippen LogP contribution in [0.1, 0.15) is 20.1 Å². The fourth-order valence-electron chi connectivity index (χ4n) is 2.50. The third-order valence-corrected chi connectivity index (χ3v) is 5.19. The van der Waals surface area contributed by atoms with E-state index in [9.17, 15) is 9.59 Å². The Hall–Kier alpha value is -3.12. The van der Waals surface area contributed by atoms with E-state index in [2.05, 4.69) is 10.9 Å². The van der Waals surface area contributed by atoms with Gasteiger partial charge in [0.05, 0.1) is 4.88 Å². The minimum Gasteiger partial charge on any atom is -0.483 e. The Kier molecular flexibility index (Phi) is 5.88. The van der Waals surface area contributed by atoms with Gasteiger partial charge in [0.2, 0.25) is 0 Å². The van der Waals surface area contributed by atoms with Gasteiger partial charge in [-0.2, -0.15) is 0 Å². The number of hydrazine groups is 1. The van der Waals surface area contributed by atoms with E-state index in [1.807, 2.05) is 68.4 Å². The van der Waals surface area contributed by atoms with Crippen LogP contribution < -0.4 is 15.6 Å². The molecule has 2 N–H and O–H groups in total. The van der Waals surface area contributed by atoms with Crippen LogP contribution in [-0.2, 0) is 4.79 Å². The molecular formula is C21H20N2O3S. The predicted molar refractivity (Wildman–Crippen MR) is 107 cm³/mol. The second-order valence-electron chi connectivity index (χ2n) is 6.00. The highest BCUT2D eigenvalue weighted by Crippen LogP contribution is 2.29. The zero-order chi connectivity index (χ0) is 19.2. The maximum absolute atomic E-state index is 12.1. The number of aryl methyl sites for hydroxylation is 2. The molecule has 6 heteroatoms. The Labute approximate surface area is 162 Å². The zero-order valence-corrected chi connectivity index (χ0v) is 15.9. The molecule has 2 amide bonds. The molecule has 0 aliphatic heterocycles. The van der Waals surface area contributed by atoms with E-state index in [4.69, 9.17) is 4.74 Å². The molecule has 0 aliphatic rings. The first-order chi connectivity index (χ1) is 13.0. The summed E-state index contributed by atoms with van der Waals surface area (Å²) in [7, 11) is 0. The van der Waals surface area contributed by atoms with Crippen LogP contribution in [0.5, 0.6) is 5.75 Å². The van der Waals surface area contributed by atoms with E-state index < -0.39 is 5.91 Å². The summed E-state index contributed by atoms with van der Waals surface area (Å²) >= 11 is 1.39. The number of nitrogens with one attached hydrogen (secondary N) is 2. The maximum atomic E-state index is 12.1. The van der Waals surface area contributed by atoms with Gasteiger partial charge in [-0.1, -0.05) is 48.5 Å². The highest BCUT2D eigenvalue weighted by Gasteiger charge is 2.12. The number of thiophene rings is 1. The van der Waals surface area contributed by atoms with Gasteiger partial charge in [-0.3, -0.25) is 20.4 Å². The minimum absolute atomic E-state index is 0.202. The third-order valence-electron chi connectivity index (χ3n) is 4.04. The fourth-order valence-corrected chi connectivity index (χ4v) is 3.43. The molecule has 0 fully saturated rings. The number of para-hydroxylation sites is 1. The summed E-state index contributed by atoms with van der Waals surface area (Å²) in [5.74, 6) is -0.167. The van der Waals surface area contributed by atoms with Crippen LogP contribution in [-0.4, -0.2) is 18.4 Å². The molecule has 3 rings (SSSR count). The minimum atomic E-state index is -0.434. The van der Waals surface area contributed by atoms with E-state index in [1.165, 1.54) is 11.3 Å². The Morgan fingerprint density at radius 3 is 2.37 bits per heavy atom. The molecule has 27 heavy (non-hydrogen) atoms. The first-order valence-corrected chi connectivity index (χ1v) is 9.29. The van der Waals surface area contributed by atoms with Crippen LogP contribution in [0.4, 0.5) is 0 Å². The van der Waals surface area contributed by atoms with Gasteiger partial charge in [-0.25, -0.2) is 0 Å². The quantitative estimate of drug-likeness (QED) is 0.660. The monoisotopic (exact) mass is 380 g/mol. The van der Waals surface area contributed by atoms with Crippen molar-refractivity contribution in [3.05, 3.63) is 76.0 Å². The number of carbonyl (C=O) groups excluding carboxylic acids is 2. The number of hydrogen-bond acceptors (Lipinski definition) is 4. The highest BCUT2D eigenvalue weighted by molar-refractivity contribution is 7.14. The van der Waals surface area contributed by atoms with Crippen LogP contribution in [0.3, 0.4) is 0 Å². The normalized spacial score (nSPS) is 10.3. The molecule has 0 saturated heterocycles. The number of rotatable bonds is 5. The van der Waals surface area contributed by atoms with E-state index in [-0.39, 0.29) is 12.5 Å². The van der Waals surface area contributed by atoms with E-state index >= 15 is 0 Å². The molecule has 5 nitrogen and oxygen atoms in total. The summed E-state index contributed by atoms with van der Waals surface area (Å²) in [5, 5.41) is 0. The lowest BCUT2D eigenvalue weighted by atomic mass is 10.1. The summed E-state index contributed by atoms with van der Waals surface area (Å²) in [5.41, 5.74) is 7.76. The Balaban J connectivity index is 1.56. The average molecular weight is 380 g/mol. The standard InChI is InChI=1S/C21H20N2O3S/c1-14-12-19(27-15(14)2)21(25)23-22-20(24)13-26-18-11-7-6-10-17(18)16-8-4-3-5-9-16/h3-12H,13H2,1-2H3,(H,22,24)(H,23,25). The third kappa shape index (κ3) is 4.74. The Bertz CT molecular complexity index is 932. The van der Waals surface area contributed by atoms with Crippen LogP contribution in [0.25, 0.3) is 11.1 Å². The molecule has 2 aromatic carbocycles. The van der Waals surface area contributed by atoms with Gasteiger partial charge in [-0.05, 0) is 37.1 Å². The van der Waals surface area contributed by atoms with Crippen molar-refractivity contribution in [2.75, 3.05) is 6.61 Å². The number of carbonyl (C=O) groups is 2. The molecule has 0 aliphatic carbocycles. The van der Waals surface area contributed by atoms with Crippen LogP contribution >= 0.6 is 11.3 Å². The van der Waals surface area contributed by atoms with E-state index in [0.29, 0.717) is 10.6 Å². The molecule has 0 atom stereocenters. The average Bonchev–Trinajstić information content (AvgIpc) is 3.04. The summed E-state index contributed by atoms with van der Waals surface area (Å²) in [6.45, 7) is 3.69. The predicted octanol–water partition coefficient (Wildman–Crippen LogP) is 3.87. The van der Waals surface area contributed by atoms with Crippen LogP contribution in [0.15, 0.2) is 60.7 Å². The number of ether oxygens (including phenoxy) is 1. The second kappa shape index (κ2) is 8.51. The van der Waals surface area contributed by atoms with Gasteiger partial charge in [0.15, 0.2) is 6.61 Å². The van der Waals surface area contributed by atoms with Crippen LogP contribution in [0.2, 0.25) is 0 Å². The van der Waals surface area contributed by atoms with Gasteiger partial charge in [-0.15, -0.1) is 11.3 Å².